The van der Waals surface area contributed by atoms with Crippen LogP contribution in [0.4, 0.5) is 0 Å². The van der Waals surface area contributed by atoms with Gasteiger partial charge in [-0.15, -0.1) is 5.10 Å². The van der Waals surface area contributed by atoms with E-state index in [2.05, 4.69) is 28.2 Å². The average Bonchev–Trinajstić information content (AvgIpc) is 2.92. The lowest BCUT2D eigenvalue weighted by Gasteiger charge is -2.04. The second-order valence-electron chi connectivity index (χ2n) is 4.15. The van der Waals surface area contributed by atoms with Gasteiger partial charge in [0.2, 0.25) is 5.16 Å². The van der Waals surface area contributed by atoms with E-state index >= 15 is 0 Å². The number of hydrogen-bond donors (Lipinski definition) is 1. The first kappa shape index (κ1) is 14.4. The molecule has 0 amide bonds. The highest BCUT2D eigenvalue weighted by atomic mass is 32.2. The quantitative estimate of drug-likeness (QED) is 0.626. The lowest BCUT2D eigenvalue weighted by Crippen LogP contribution is -2.00. The molecule has 0 aliphatic heterocycles. The summed E-state index contributed by atoms with van der Waals surface area (Å²) in [5.74, 6) is 2.41. The summed E-state index contributed by atoms with van der Waals surface area (Å²) in [6.07, 6.45) is 1.97. The molecule has 1 aromatic heterocycles. The van der Waals surface area contributed by atoms with Crippen molar-refractivity contribution in [2.45, 2.75) is 24.9 Å². The predicted molar refractivity (Wildman–Crippen MR) is 77.8 cm³/mol. The first-order valence-corrected chi connectivity index (χ1v) is 7.47. The molecule has 1 heterocycles. The summed E-state index contributed by atoms with van der Waals surface area (Å²) >= 11 is 1.55. The van der Waals surface area contributed by atoms with E-state index in [1.165, 1.54) is 0 Å². The zero-order valence-corrected chi connectivity index (χ0v) is 12.1. The van der Waals surface area contributed by atoms with Crippen molar-refractivity contribution >= 4 is 11.8 Å². The zero-order valence-electron chi connectivity index (χ0n) is 11.3. The highest BCUT2D eigenvalue weighted by molar-refractivity contribution is 7.99. The Kier molecular flexibility index (Phi) is 5.44. The Labute approximate surface area is 122 Å². The van der Waals surface area contributed by atoms with E-state index in [4.69, 9.17) is 10.00 Å². The minimum absolute atomic E-state index is 0.553. The molecule has 0 atom stereocenters. The molecular formula is C14H16N4OS. The van der Waals surface area contributed by atoms with Crippen LogP contribution in [0.25, 0.3) is 0 Å². The summed E-state index contributed by atoms with van der Waals surface area (Å²) < 4.78 is 5.59. The Morgan fingerprint density at radius 1 is 1.45 bits per heavy atom. The summed E-state index contributed by atoms with van der Waals surface area (Å²) in [6.45, 7) is 2.66. The minimum Gasteiger partial charge on any atom is -0.493 e. The van der Waals surface area contributed by atoms with Crippen LogP contribution >= 0.6 is 11.8 Å². The van der Waals surface area contributed by atoms with Gasteiger partial charge in [-0.1, -0.05) is 24.8 Å². The van der Waals surface area contributed by atoms with Crippen LogP contribution in [-0.4, -0.2) is 27.5 Å². The zero-order chi connectivity index (χ0) is 14.2. The van der Waals surface area contributed by atoms with Crippen LogP contribution in [0.1, 0.15) is 24.7 Å². The molecule has 0 saturated carbocycles. The van der Waals surface area contributed by atoms with Gasteiger partial charge in [-0.2, -0.15) is 5.26 Å². The molecule has 0 aliphatic carbocycles. The second kappa shape index (κ2) is 7.56. The molecular weight excluding hydrogens is 272 g/mol. The summed E-state index contributed by atoms with van der Waals surface area (Å²) in [7, 11) is 0. The molecule has 104 valence electrons. The van der Waals surface area contributed by atoms with E-state index in [0.29, 0.717) is 17.9 Å². The molecule has 6 heteroatoms. The number of aryl methyl sites for hydroxylation is 1. The van der Waals surface area contributed by atoms with Crippen molar-refractivity contribution in [3.63, 3.8) is 0 Å². The minimum atomic E-state index is 0.553. The number of thioether (sulfide) groups is 1. The molecule has 0 fully saturated rings. The summed E-state index contributed by atoms with van der Waals surface area (Å²) in [4.78, 5) is 4.37. The van der Waals surface area contributed by atoms with E-state index < -0.39 is 0 Å². The van der Waals surface area contributed by atoms with Crippen molar-refractivity contribution in [2.75, 3.05) is 12.4 Å². The normalized spacial score (nSPS) is 10.2. The standard InChI is InChI=1S/C14H16N4OS/c1-2-4-13-16-14(18-17-13)20-8-7-19-12-6-3-5-11(9-12)10-15/h3,5-6,9H,2,4,7-8H2,1H3,(H,16,17,18). The topological polar surface area (TPSA) is 74.6 Å². The van der Waals surface area contributed by atoms with E-state index in [-0.39, 0.29) is 0 Å². The molecule has 2 rings (SSSR count). The maximum atomic E-state index is 8.80. The number of nitrogens with zero attached hydrogens (tertiary/aromatic N) is 3. The van der Waals surface area contributed by atoms with E-state index in [1.54, 1.807) is 23.9 Å². The number of nitriles is 1. The number of aromatic amines is 1. The molecule has 0 unspecified atom stereocenters. The molecule has 0 bridgehead atoms. The number of ether oxygens (including phenoxy) is 1. The van der Waals surface area contributed by atoms with Gasteiger partial charge in [0, 0.05) is 12.2 Å². The van der Waals surface area contributed by atoms with Gasteiger partial charge in [0.1, 0.15) is 11.6 Å². The fourth-order valence-electron chi connectivity index (χ4n) is 1.64. The maximum Gasteiger partial charge on any atom is 0.208 e. The highest BCUT2D eigenvalue weighted by Crippen LogP contribution is 2.15. The Morgan fingerprint density at radius 2 is 2.35 bits per heavy atom. The molecule has 5 nitrogen and oxygen atoms in total. The van der Waals surface area contributed by atoms with Crippen LogP contribution in [0.5, 0.6) is 5.75 Å². The van der Waals surface area contributed by atoms with Crippen LogP contribution in [0.2, 0.25) is 0 Å². The lowest BCUT2D eigenvalue weighted by atomic mass is 10.2. The first-order valence-electron chi connectivity index (χ1n) is 6.49. The van der Waals surface area contributed by atoms with Crippen molar-refractivity contribution in [2.24, 2.45) is 0 Å². The molecule has 0 radical (unpaired) electrons. The predicted octanol–water partition coefficient (Wildman–Crippen LogP) is 2.80. The Balaban J connectivity index is 1.74. The molecule has 1 aromatic carbocycles. The number of benzene rings is 1. The van der Waals surface area contributed by atoms with Gasteiger partial charge in [-0.05, 0) is 24.6 Å². The molecule has 0 aliphatic rings. The van der Waals surface area contributed by atoms with Crippen molar-refractivity contribution in [1.82, 2.24) is 15.2 Å². The third kappa shape index (κ3) is 4.28. The fraction of sp³-hybridized carbons (Fsp3) is 0.357. The van der Waals surface area contributed by atoms with Crippen molar-refractivity contribution in [3.8, 4) is 11.8 Å². The Bertz CT molecular complexity index is 591. The third-order valence-corrected chi connectivity index (χ3v) is 3.36. The lowest BCUT2D eigenvalue weighted by molar-refractivity contribution is 0.344. The van der Waals surface area contributed by atoms with Crippen LogP contribution in [0, 0.1) is 11.3 Å². The van der Waals surface area contributed by atoms with Crippen LogP contribution in [0.3, 0.4) is 0 Å². The van der Waals surface area contributed by atoms with Crippen LogP contribution < -0.4 is 4.74 Å². The highest BCUT2D eigenvalue weighted by Gasteiger charge is 2.03. The van der Waals surface area contributed by atoms with Gasteiger partial charge < -0.3 is 4.74 Å². The van der Waals surface area contributed by atoms with Gasteiger partial charge in [0.15, 0.2) is 0 Å². The Morgan fingerprint density at radius 3 is 3.15 bits per heavy atom. The average molecular weight is 288 g/mol. The summed E-state index contributed by atoms with van der Waals surface area (Å²) in [5.41, 5.74) is 0.605. The number of rotatable bonds is 7. The number of H-pyrrole nitrogens is 1. The van der Waals surface area contributed by atoms with Crippen molar-refractivity contribution < 1.29 is 4.74 Å². The van der Waals surface area contributed by atoms with E-state index in [1.807, 2.05) is 12.1 Å². The van der Waals surface area contributed by atoms with Gasteiger partial charge in [0.25, 0.3) is 0 Å². The van der Waals surface area contributed by atoms with Gasteiger partial charge >= 0.3 is 0 Å². The molecule has 0 saturated heterocycles. The Hall–Kier alpha value is -2.00. The monoisotopic (exact) mass is 288 g/mol. The summed E-state index contributed by atoms with van der Waals surface area (Å²) in [5, 5.41) is 16.6. The number of hydrogen-bond acceptors (Lipinski definition) is 5. The van der Waals surface area contributed by atoms with Crippen molar-refractivity contribution in [1.29, 1.82) is 5.26 Å². The largest absolute Gasteiger partial charge is 0.493 e. The van der Waals surface area contributed by atoms with Gasteiger partial charge in [0.05, 0.1) is 18.2 Å². The molecule has 20 heavy (non-hydrogen) atoms. The second-order valence-corrected chi connectivity index (χ2v) is 5.21. The van der Waals surface area contributed by atoms with Gasteiger partial charge in [-0.25, -0.2) is 4.98 Å². The van der Waals surface area contributed by atoms with Gasteiger partial charge in [-0.3, -0.25) is 5.10 Å². The van der Waals surface area contributed by atoms with E-state index in [9.17, 15) is 0 Å². The van der Waals surface area contributed by atoms with Crippen LogP contribution in [0.15, 0.2) is 29.4 Å². The third-order valence-electron chi connectivity index (χ3n) is 2.54. The SMILES string of the molecule is CCCc1nc(SCCOc2cccc(C#N)c2)n[nH]1. The number of nitrogens with one attached hydrogen (secondary N) is 1. The van der Waals surface area contributed by atoms with Crippen LogP contribution in [-0.2, 0) is 6.42 Å². The van der Waals surface area contributed by atoms with Crippen molar-refractivity contribution in [3.05, 3.63) is 35.7 Å². The van der Waals surface area contributed by atoms with E-state index in [0.717, 1.165) is 29.6 Å². The fourth-order valence-corrected chi connectivity index (χ4v) is 2.27. The molecule has 2 aromatic rings. The first-order chi connectivity index (χ1) is 9.81. The molecule has 0 spiro atoms. The number of aromatic nitrogens is 3. The maximum absolute atomic E-state index is 8.80. The molecule has 1 N–H and O–H groups in total. The smallest absolute Gasteiger partial charge is 0.208 e. The summed E-state index contributed by atoms with van der Waals surface area (Å²) in [6, 6.07) is 9.23.